The van der Waals surface area contributed by atoms with Gasteiger partial charge in [0.25, 0.3) is 0 Å². The van der Waals surface area contributed by atoms with E-state index in [1.165, 1.54) is 17.5 Å². The lowest BCUT2D eigenvalue weighted by atomic mass is 10.2. The first-order valence-corrected chi connectivity index (χ1v) is 7.88. The van der Waals surface area contributed by atoms with Gasteiger partial charge < -0.3 is 10.5 Å². The Labute approximate surface area is 118 Å². The smallest absolute Gasteiger partial charge is 0.243 e. The van der Waals surface area contributed by atoms with Gasteiger partial charge in [-0.1, -0.05) is 0 Å². The fourth-order valence-corrected chi connectivity index (χ4v) is 4.03. The zero-order valence-electron chi connectivity index (χ0n) is 11.6. The van der Waals surface area contributed by atoms with Crippen LogP contribution in [0.15, 0.2) is 17.0 Å². The van der Waals surface area contributed by atoms with Gasteiger partial charge in [-0.15, -0.1) is 0 Å². The molecule has 1 aliphatic rings. The van der Waals surface area contributed by atoms with E-state index in [1.54, 1.807) is 6.92 Å². The third kappa shape index (κ3) is 2.94. The molecule has 1 aromatic rings. The van der Waals surface area contributed by atoms with Crippen LogP contribution in [-0.2, 0) is 14.8 Å². The Morgan fingerprint density at radius 3 is 2.65 bits per heavy atom. The summed E-state index contributed by atoms with van der Waals surface area (Å²) < 4.78 is 45.2. The van der Waals surface area contributed by atoms with Gasteiger partial charge in [-0.25, -0.2) is 12.8 Å². The minimum Gasteiger partial charge on any atom is -0.396 e. The Bertz CT molecular complexity index is 600. The lowest BCUT2D eigenvalue weighted by Crippen LogP contribution is -2.36. The van der Waals surface area contributed by atoms with Crippen LogP contribution in [-0.4, -0.2) is 39.0 Å². The Balaban J connectivity index is 2.39. The molecule has 0 saturated heterocycles. The molecular weight excluding hydrogens is 283 g/mol. The number of aryl methyl sites for hydroxylation is 1. The van der Waals surface area contributed by atoms with Crippen molar-refractivity contribution in [2.75, 3.05) is 26.0 Å². The molecule has 0 aliphatic heterocycles. The van der Waals surface area contributed by atoms with Crippen LogP contribution in [0.3, 0.4) is 0 Å². The van der Waals surface area contributed by atoms with Crippen molar-refractivity contribution in [3.05, 3.63) is 23.5 Å². The van der Waals surface area contributed by atoms with Crippen molar-refractivity contribution in [2.45, 2.75) is 30.7 Å². The van der Waals surface area contributed by atoms with Crippen molar-refractivity contribution in [3.63, 3.8) is 0 Å². The van der Waals surface area contributed by atoms with Crippen LogP contribution in [0, 0.1) is 12.7 Å². The molecule has 0 radical (unpaired) electrons. The third-order valence-corrected chi connectivity index (χ3v) is 5.44. The number of nitrogen functional groups attached to an aromatic ring is 1. The molecule has 0 amide bonds. The largest absolute Gasteiger partial charge is 0.396 e. The summed E-state index contributed by atoms with van der Waals surface area (Å²) in [4.78, 5) is 0.0689. The van der Waals surface area contributed by atoms with E-state index in [9.17, 15) is 12.8 Å². The summed E-state index contributed by atoms with van der Waals surface area (Å²) in [6, 6.07) is 2.37. The fraction of sp³-hybridized carbons (Fsp3) is 0.538. The molecule has 0 bridgehead atoms. The molecule has 2 N–H and O–H groups in total. The summed E-state index contributed by atoms with van der Waals surface area (Å²) in [5.41, 5.74) is 5.70. The molecule has 0 heterocycles. The molecule has 2 rings (SSSR count). The number of hydrogen-bond donors (Lipinski definition) is 1. The Morgan fingerprint density at radius 1 is 1.45 bits per heavy atom. The van der Waals surface area contributed by atoms with Gasteiger partial charge in [-0.2, -0.15) is 4.31 Å². The quantitative estimate of drug-likeness (QED) is 0.809. The van der Waals surface area contributed by atoms with Crippen LogP contribution in [0.2, 0.25) is 0 Å². The molecule has 7 heteroatoms. The van der Waals surface area contributed by atoms with Crippen LogP contribution < -0.4 is 5.73 Å². The van der Waals surface area contributed by atoms with Gasteiger partial charge in [0.2, 0.25) is 10.0 Å². The number of benzene rings is 1. The average Bonchev–Trinajstić information content (AvgIpc) is 3.18. The van der Waals surface area contributed by atoms with E-state index in [1.807, 2.05) is 0 Å². The number of rotatable bonds is 6. The summed E-state index contributed by atoms with van der Waals surface area (Å²) in [6.07, 6.45) is 1.69. The van der Waals surface area contributed by atoms with Crippen LogP contribution >= 0.6 is 0 Å². The van der Waals surface area contributed by atoms with Crippen molar-refractivity contribution >= 4 is 15.7 Å². The van der Waals surface area contributed by atoms with Gasteiger partial charge in [0, 0.05) is 19.7 Å². The summed E-state index contributed by atoms with van der Waals surface area (Å²) in [5, 5.41) is 0. The highest BCUT2D eigenvalue weighted by Crippen LogP contribution is 2.33. The maximum atomic E-state index is 13.4. The molecule has 1 fully saturated rings. The second-order valence-corrected chi connectivity index (χ2v) is 6.84. The van der Waals surface area contributed by atoms with Crippen molar-refractivity contribution < 1.29 is 17.5 Å². The van der Waals surface area contributed by atoms with Crippen molar-refractivity contribution in [3.8, 4) is 0 Å². The van der Waals surface area contributed by atoms with E-state index in [-0.39, 0.29) is 16.6 Å². The number of halogens is 1. The Kier molecular flexibility index (Phi) is 4.31. The molecule has 5 nitrogen and oxygen atoms in total. The average molecular weight is 302 g/mol. The highest BCUT2D eigenvalue weighted by Gasteiger charge is 2.38. The zero-order valence-corrected chi connectivity index (χ0v) is 12.4. The molecule has 1 aliphatic carbocycles. The predicted octanol–water partition coefficient (Wildman–Crippen LogP) is 1.52. The minimum atomic E-state index is -3.67. The molecule has 0 unspecified atom stereocenters. The van der Waals surface area contributed by atoms with Gasteiger partial charge >= 0.3 is 0 Å². The highest BCUT2D eigenvalue weighted by molar-refractivity contribution is 7.89. The Hall–Kier alpha value is -1.18. The van der Waals surface area contributed by atoms with Crippen LogP contribution in [0.4, 0.5) is 10.1 Å². The van der Waals surface area contributed by atoms with Crippen LogP contribution in [0.5, 0.6) is 0 Å². The van der Waals surface area contributed by atoms with Gasteiger partial charge in [-0.3, -0.25) is 0 Å². The molecule has 20 heavy (non-hydrogen) atoms. The first kappa shape index (κ1) is 15.2. The molecule has 0 aromatic heterocycles. The SMILES string of the molecule is COCCN(C1CC1)S(=O)(=O)c1cc(N)c(F)cc1C. The summed E-state index contributed by atoms with van der Waals surface area (Å²) >= 11 is 0. The van der Waals surface area contributed by atoms with E-state index < -0.39 is 15.8 Å². The van der Waals surface area contributed by atoms with Crippen LogP contribution in [0.1, 0.15) is 18.4 Å². The molecular formula is C13H19FN2O3S. The normalized spacial score (nSPS) is 15.8. The maximum Gasteiger partial charge on any atom is 0.243 e. The molecule has 112 valence electrons. The fourth-order valence-electron chi connectivity index (χ4n) is 2.12. The van der Waals surface area contributed by atoms with Crippen LogP contribution in [0.25, 0.3) is 0 Å². The molecule has 0 spiro atoms. The number of sulfonamides is 1. The summed E-state index contributed by atoms with van der Waals surface area (Å²) in [6.45, 7) is 2.18. The first-order chi connectivity index (χ1) is 9.37. The topological polar surface area (TPSA) is 72.6 Å². The number of methoxy groups -OCH3 is 1. The van der Waals surface area contributed by atoms with E-state index in [0.717, 1.165) is 18.9 Å². The second kappa shape index (κ2) is 5.67. The molecule has 1 aromatic carbocycles. The standard InChI is InChI=1S/C13H19FN2O3S/c1-9-7-11(14)12(15)8-13(9)20(17,18)16(5-6-19-2)10-3-4-10/h7-8,10H,3-6,15H2,1-2H3. The predicted molar refractivity (Wildman–Crippen MR) is 74.3 cm³/mol. The van der Waals surface area contributed by atoms with Gasteiger partial charge in [0.1, 0.15) is 5.82 Å². The summed E-state index contributed by atoms with van der Waals surface area (Å²) in [7, 11) is -2.15. The lowest BCUT2D eigenvalue weighted by molar-refractivity contribution is 0.177. The minimum absolute atomic E-state index is 0.0147. The first-order valence-electron chi connectivity index (χ1n) is 6.44. The van der Waals surface area contributed by atoms with Gasteiger partial charge in [0.15, 0.2) is 0 Å². The molecule has 1 saturated carbocycles. The van der Waals surface area contributed by atoms with Crippen molar-refractivity contribution in [2.24, 2.45) is 0 Å². The second-order valence-electron chi connectivity index (χ2n) is 4.98. The zero-order chi connectivity index (χ0) is 14.9. The van der Waals surface area contributed by atoms with Crippen molar-refractivity contribution in [1.29, 1.82) is 0 Å². The Morgan fingerprint density at radius 2 is 2.10 bits per heavy atom. The van der Waals surface area contributed by atoms with E-state index >= 15 is 0 Å². The maximum absolute atomic E-state index is 13.4. The van der Waals surface area contributed by atoms with E-state index in [0.29, 0.717) is 18.7 Å². The molecule has 0 atom stereocenters. The number of nitrogens with two attached hydrogens (primary N) is 1. The van der Waals surface area contributed by atoms with Gasteiger partial charge in [-0.05, 0) is 37.5 Å². The number of ether oxygens (including phenoxy) is 1. The summed E-state index contributed by atoms with van der Waals surface area (Å²) in [5.74, 6) is -0.601. The van der Waals surface area contributed by atoms with Gasteiger partial charge in [0.05, 0.1) is 17.2 Å². The van der Waals surface area contributed by atoms with Crippen molar-refractivity contribution in [1.82, 2.24) is 4.31 Å². The number of anilines is 1. The monoisotopic (exact) mass is 302 g/mol. The number of nitrogens with zero attached hydrogens (tertiary/aromatic N) is 1. The highest BCUT2D eigenvalue weighted by atomic mass is 32.2. The number of hydrogen-bond acceptors (Lipinski definition) is 4. The van der Waals surface area contributed by atoms with E-state index in [4.69, 9.17) is 10.5 Å². The lowest BCUT2D eigenvalue weighted by Gasteiger charge is -2.22. The van der Waals surface area contributed by atoms with E-state index in [2.05, 4.69) is 0 Å². The third-order valence-electron chi connectivity index (χ3n) is 3.35.